The molecule has 0 atom stereocenters. The van der Waals surface area contributed by atoms with Crippen LogP contribution in [0, 0.1) is 11.3 Å². The van der Waals surface area contributed by atoms with Crippen molar-refractivity contribution in [2.75, 3.05) is 21.3 Å². The van der Waals surface area contributed by atoms with Crippen LogP contribution in [0.4, 0.5) is 0 Å². The molecule has 0 amide bonds. The quantitative estimate of drug-likeness (QED) is 0.247. The number of benzene rings is 3. The smallest absolute Gasteiger partial charge is 0.308 e. The van der Waals surface area contributed by atoms with Gasteiger partial charge in [-0.1, -0.05) is 81.9 Å². The summed E-state index contributed by atoms with van der Waals surface area (Å²) in [5.74, 6) is 1.39. The number of nitrogens with zero attached hydrogens (tertiary/aromatic N) is 1. The number of ether oxygens (including phenoxy) is 3. The van der Waals surface area contributed by atoms with E-state index in [0.717, 1.165) is 41.4 Å². The van der Waals surface area contributed by atoms with Gasteiger partial charge in [-0.05, 0) is 36.4 Å². The number of nitriles is 1. The number of methoxy groups -OCH3 is 3. The van der Waals surface area contributed by atoms with E-state index >= 15 is 0 Å². The van der Waals surface area contributed by atoms with Crippen molar-refractivity contribution in [2.24, 2.45) is 0 Å². The third-order valence-corrected chi connectivity index (χ3v) is 7.39. The monoisotopic (exact) mass is 747 g/mol. The largest absolute Gasteiger partial charge is 0.496 e. The standard InChI is InChI=1S/C9H8BrNO.C9H9BrO3.C8H8Br2O/c1-12-9-4-2-3-8(10)7(9)5-6-11;1-13-8-4-2-3-7(10)6(8)5-9(11)12;1-11-8-4-2-3-7(10)6(8)5-9/h2-4H,5H2,1H3;2-4H,5H2,1H3,(H,11,12);2-4H,5H2,1H3. The number of rotatable bonds is 7. The molecule has 1 N–H and O–H groups in total. The van der Waals surface area contributed by atoms with Crippen LogP contribution in [0.3, 0.4) is 0 Å². The molecule has 36 heavy (non-hydrogen) atoms. The van der Waals surface area contributed by atoms with Crippen LogP contribution < -0.4 is 14.2 Å². The van der Waals surface area contributed by atoms with Crippen LogP contribution in [-0.4, -0.2) is 32.4 Å². The normalized spacial score (nSPS) is 9.50. The van der Waals surface area contributed by atoms with Gasteiger partial charge in [-0.2, -0.15) is 5.26 Å². The van der Waals surface area contributed by atoms with Crippen LogP contribution in [0.25, 0.3) is 0 Å². The van der Waals surface area contributed by atoms with Gasteiger partial charge in [0.1, 0.15) is 17.2 Å². The highest BCUT2D eigenvalue weighted by Crippen LogP contribution is 2.29. The number of carbonyl (C=O) groups is 1. The molecule has 192 valence electrons. The van der Waals surface area contributed by atoms with E-state index in [0.29, 0.717) is 17.7 Å². The van der Waals surface area contributed by atoms with E-state index in [1.54, 1.807) is 32.4 Å². The van der Waals surface area contributed by atoms with Gasteiger partial charge in [0, 0.05) is 35.4 Å². The van der Waals surface area contributed by atoms with Gasteiger partial charge >= 0.3 is 5.97 Å². The third kappa shape index (κ3) is 10.1. The Bertz CT molecular complexity index is 1180. The van der Waals surface area contributed by atoms with Gasteiger partial charge in [-0.15, -0.1) is 0 Å². The van der Waals surface area contributed by atoms with Gasteiger partial charge < -0.3 is 19.3 Å². The molecule has 0 saturated heterocycles. The van der Waals surface area contributed by atoms with E-state index in [1.807, 2.05) is 36.4 Å². The Morgan fingerprint density at radius 1 is 0.778 bits per heavy atom. The van der Waals surface area contributed by atoms with E-state index in [1.165, 1.54) is 7.11 Å². The predicted octanol–water partition coefficient (Wildman–Crippen LogP) is 7.96. The fourth-order valence-corrected chi connectivity index (χ4v) is 5.31. The van der Waals surface area contributed by atoms with Gasteiger partial charge in [-0.3, -0.25) is 4.79 Å². The number of halogens is 4. The Morgan fingerprint density at radius 2 is 1.17 bits per heavy atom. The molecule has 0 bridgehead atoms. The summed E-state index contributed by atoms with van der Waals surface area (Å²) in [6.45, 7) is 0. The van der Waals surface area contributed by atoms with Crippen molar-refractivity contribution in [3.8, 4) is 23.3 Å². The Kier molecular flexibility index (Phi) is 15.5. The van der Waals surface area contributed by atoms with Crippen LogP contribution in [0.2, 0.25) is 0 Å². The molecule has 3 aromatic rings. The maximum absolute atomic E-state index is 10.5. The van der Waals surface area contributed by atoms with E-state index < -0.39 is 5.97 Å². The summed E-state index contributed by atoms with van der Waals surface area (Å²) in [6, 6.07) is 18.9. The topological polar surface area (TPSA) is 88.8 Å². The van der Waals surface area contributed by atoms with Crippen LogP contribution in [0.1, 0.15) is 16.7 Å². The van der Waals surface area contributed by atoms with Crippen molar-refractivity contribution >= 4 is 69.7 Å². The lowest BCUT2D eigenvalue weighted by molar-refractivity contribution is -0.136. The van der Waals surface area contributed by atoms with Crippen LogP contribution in [0.15, 0.2) is 68.0 Å². The molecule has 0 radical (unpaired) electrons. The summed E-state index contributed by atoms with van der Waals surface area (Å²) in [5, 5.41) is 18.0. The van der Waals surface area contributed by atoms with Gasteiger partial charge in [0.2, 0.25) is 0 Å². The number of hydrogen-bond donors (Lipinski definition) is 1. The minimum atomic E-state index is -0.870. The number of carboxylic acids is 1. The van der Waals surface area contributed by atoms with Crippen molar-refractivity contribution in [2.45, 2.75) is 18.2 Å². The van der Waals surface area contributed by atoms with E-state index in [9.17, 15) is 4.79 Å². The van der Waals surface area contributed by atoms with Gasteiger partial charge in [0.05, 0.1) is 40.2 Å². The summed E-state index contributed by atoms with van der Waals surface area (Å²) in [6.07, 6.45) is 0.329. The average Bonchev–Trinajstić information content (AvgIpc) is 2.87. The first-order valence-corrected chi connectivity index (χ1v) is 13.8. The van der Waals surface area contributed by atoms with Crippen molar-refractivity contribution in [3.05, 3.63) is 84.7 Å². The summed E-state index contributed by atoms with van der Waals surface area (Å²) >= 11 is 13.5. The summed E-state index contributed by atoms with van der Waals surface area (Å²) in [5.41, 5.74) is 2.72. The molecule has 0 aliphatic heterocycles. The molecular formula is C26H25Br4NO5. The molecule has 0 aromatic heterocycles. The maximum Gasteiger partial charge on any atom is 0.308 e. The lowest BCUT2D eigenvalue weighted by Gasteiger charge is -2.07. The summed E-state index contributed by atoms with van der Waals surface area (Å²) in [7, 11) is 4.80. The first-order valence-electron chi connectivity index (χ1n) is 10.3. The van der Waals surface area contributed by atoms with Gasteiger partial charge in [-0.25, -0.2) is 0 Å². The molecular weight excluding hydrogens is 726 g/mol. The fraction of sp³-hybridized carbons (Fsp3) is 0.231. The Labute approximate surface area is 245 Å². The zero-order valence-corrected chi connectivity index (χ0v) is 26.2. The molecule has 0 unspecified atom stereocenters. The van der Waals surface area contributed by atoms with Gasteiger partial charge in [0.15, 0.2) is 0 Å². The molecule has 3 aromatic carbocycles. The highest BCUT2D eigenvalue weighted by molar-refractivity contribution is 9.11. The minimum Gasteiger partial charge on any atom is -0.496 e. The van der Waals surface area contributed by atoms with Crippen molar-refractivity contribution < 1.29 is 24.1 Å². The van der Waals surface area contributed by atoms with Crippen LogP contribution in [0.5, 0.6) is 17.2 Å². The van der Waals surface area contributed by atoms with Crippen molar-refractivity contribution in [3.63, 3.8) is 0 Å². The van der Waals surface area contributed by atoms with E-state index in [4.69, 9.17) is 24.6 Å². The molecule has 0 saturated carbocycles. The SMILES string of the molecule is COc1cccc(Br)c1CBr.COc1cccc(Br)c1CC#N.COc1cccc(Br)c1CC(=O)O. The number of hydrogen-bond acceptors (Lipinski definition) is 5. The Hall–Kier alpha value is -2.06. The lowest BCUT2D eigenvalue weighted by Crippen LogP contribution is -2.03. The van der Waals surface area contributed by atoms with E-state index in [2.05, 4.69) is 69.8 Å². The Balaban J connectivity index is 0.000000271. The second-order valence-electron chi connectivity index (χ2n) is 6.80. The highest BCUT2D eigenvalue weighted by atomic mass is 79.9. The molecule has 0 spiro atoms. The second kappa shape index (κ2) is 17.4. The molecule has 0 fully saturated rings. The van der Waals surface area contributed by atoms with Gasteiger partial charge in [0.25, 0.3) is 0 Å². The third-order valence-electron chi connectivity index (χ3n) is 4.60. The molecule has 10 heteroatoms. The second-order valence-corrected chi connectivity index (χ2v) is 9.92. The van der Waals surface area contributed by atoms with Crippen molar-refractivity contribution in [1.29, 1.82) is 5.26 Å². The minimum absolute atomic E-state index is 0.0371. The lowest BCUT2D eigenvalue weighted by atomic mass is 10.1. The summed E-state index contributed by atoms with van der Waals surface area (Å²) < 4.78 is 18.0. The molecule has 0 aliphatic carbocycles. The molecule has 0 aliphatic rings. The first kappa shape index (κ1) is 32.0. The zero-order valence-electron chi connectivity index (χ0n) is 19.9. The number of alkyl halides is 1. The summed E-state index contributed by atoms with van der Waals surface area (Å²) in [4.78, 5) is 10.5. The van der Waals surface area contributed by atoms with Crippen molar-refractivity contribution in [1.82, 2.24) is 0 Å². The predicted molar refractivity (Wildman–Crippen MR) is 155 cm³/mol. The molecule has 0 heterocycles. The zero-order chi connectivity index (χ0) is 27.1. The van der Waals surface area contributed by atoms with E-state index in [-0.39, 0.29) is 6.42 Å². The Morgan fingerprint density at radius 3 is 1.53 bits per heavy atom. The number of aliphatic carboxylic acids is 1. The highest BCUT2D eigenvalue weighted by Gasteiger charge is 2.10. The van der Waals surface area contributed by atoms with Crippen LogP contribution >= 0.6 is 63.7 Å². The fourth-order valence-electron chi connectivity index (χ4n) is 2.89. The molecule has 6 nitrogen and oxygen atoms in total. The first-order chi connectivity index (χ1) is 17.2. The van der Waals surface area contributed by atoms with Crippen LogP contribution in [-0.2, 0) is 23.0 Å². The molecule has 3 rings (SSSR count). The maximum atomic E-state index is 10.5. The average molecular weight is 751 g/mol. The number of carboxylic acid groups (broad SMARTS) is 1.